The molecule has 256 valence electrons. The van der Waals surface area contributed by atoms with Crippen LogP contribution in [0.3, 0.4) is 0 Å². The van der Waals surface area contributed by atoms with Crippen LogP contribution < -0.4 is 0 Å². The highest BCUT2D eigenvalue weighted by molar-refractivity contribution is 5.76. The van der Waals surface area contributed by atoms with Crippen LogP contribution in [0.5, 0.6) is 0 Å². The number of rotatable bonds is 8. The quantitative estimate of drug-likeness (QED) is 0.0987. The van der Waals surface area contributed by atoms with Gasteiger partial charge in [-0.2, -0.15) is 0 Å². The Kier molecular flexibility index (Phi) is 8.22. The second-order valence-electron chi connectivity index (χ2n) is 17.1. The third kappa shape index (κ3) is 4.52. The minimum Gasteiger partial charge on any atom is -0.481 e. The fourth-order valence-electron chi connectivity index (χ4n) is 12.3. The van der Waals surface area contributed by atoms with Gasteiger partial charge >= 0.3 is 5.97 Å². The summed E-state index contributed by atoms with van der Waals surface area (Å²) in [4.78, 5) is 17.8. The van der Waals surface area contributed by atoms with Crippen molar-refractivity contribution < 1.29 is 49.9 Å². The number of hydrogen-bond donors (Lipinski definition) is 6. The molecule has 0 aromatic rings. The van der Waals surface area contributed by atoms with Gasteiger partial charge in [0.25, 0.3) is 0 Å². The Bertz CT molecular complexity index is 1190. The summed E-state index contributed by atoms with van der Waals surface area (Å²) in [5.41, 5.74) is -2.41. The Balaban J connectivity index is 1.25. The van der Waals surface area contributed by atoms with Crippen LogP contribution >= 0.6 is 0 Å². The van der Waals surface area contributed by atoms with Crippen molar-refractivity contribution in [3.8, 4) is 0 Å². The van der Waals surface area contributed by atoms with E-state index in [4.69, 9.17) is 9.47 Å². The number of hydrogen-bond acceptors (Lipinski definition) is 9. The molecule has 0 amide bonds. The summed E-state index contributed by atoms with van der Waals surface area (Å²) in [6, 6.07) is 0. The molecule has 15 unspecified atom stereocenters. The normalized spacial score (nSPS) is 53.3. The Morgan fingerprint density at radius 2 is 1.69 bits per heavy atom. The number of aliphatic hydroxyl groups is 4. The van der Waals surface area contributed by atoms with Gasteiger partial charge in [0.2, 0.25) is 0 Å². The lowest BCUT2D eigenvalue weighted by Gasteiger charge is -2.64. The summed E-state index contributed by atoms with van der Waals surface area (Å²) in [7, 11) is 0. The number of carboxylic acids is 1. The van der Waals surface area contributed by atoms with Gasteiger partial charge in [0.15, 0.2) is 6.29 Å². The fraction of sp³-hybridized carbons (Fsp3) is 0.914. The molecule has 6 aliphatic rings. The van der Waals surface area contributed by atoms with E-state index in [2.05, 4.69) is 31.7 Å². The van der Waals surface area contributed by atoms with Crippen LogP contribution in [0.4, 0.5) is 0 Å². The molecule has 5 saturated carbocycles. The summed E-state index contributed by atoms with van der Waals surface area (Å²) in [6.45, 7) is 12.5. The number of carboxylic acid groups (broad SMARTS) is 1. The van der Waals surface area contributed by atoms with Crippen LogP contribution in [0.1, 0.15) is 99.3 Å². The lowest BCUT2D eigenvalue weighted by Crippen LogP contribution is -2.65. The lowest BCUT2D eigenvalue weighted by molar-refractivity contribution is -0.309. The summed E-state index contributed by atoms with van der Waals surface area (Å²) in [5, 5.41) is 62.7. The van der Waals surface area contributed by atoms with E-state index in [-0.39, 0.29) is 35.2 Å². The molecule has 0 bridgehead atoms. The Morgan fingerprint density at radius 1 is 1.00 bits per heavy atom. The summed E-state index contributed by atoms with van der Waals surface area (Å²) in [6.07, 6.45) is 4.65. The molecule has 1 aliphatic heterocycles. The van der Waals surface area contributed by atoms with Crippen LogP contribution in [0, 0.1) is 50.7 Å². The van der Waals surface area contributed by atoms with Gasteiger partial charge in [-0.05, 0) is 112 Å². The molecule has 0 aromatic carbocycles. The monoisotopic (exact) mass is 636 g/mol. The number of aliphatic hydroxyl groups excluding tert-OH is 4. The predicted octanol–water partition coefficient (Wildman–Crippen LogP) is 4.14. The standard InChI is InChI=1S/C35H56O10/c1-19(8-7-12-30(2,3)45-42)20-11-13-32(5)22-9-10-23-33(6,29(40)41)25(44-28-27(39)26(38)21(36)17-43-28)16-24(37)35(23)18-34(22,35)15-14-31(20,32)4/h7,12,19-28,36-39,42H,8-11,13-18H2,1-6H3,(H,40,41). The molecule has 1 heterocycles. The fourth-order valence-corrected chi connectivity index (χ4v) is 12.3. The first-order chi connectivity index (χ1) is 20.9. The highest BCUT2D eigenvalue weighted by Crippen LogP contribution is 2.89. The van der Waals surface area contributed by atoms with Gasteiger partial charge in [-0.1, -0.05) is 32.9 Å². The van der Waals surface area contributed by atoms with E-state index in [1.54, 1.807) is 6.92 Å². The third-order valence-electron chi connectivity index (χ3n) is 15.0. The average Bonchev–Trinajstić information content (AvgIpc) is 3.60. The van der Waals surface area contributed by atoms with Crippen LogP contribution in [0.25, 0.3) is 0 Å². The van der Waals surface area contributed by atoms with Gasteiger partial charge in [-0.3, -0.25) is 10.1 Å². The van der Waals surface area contributed by atoms with Crippen LogP contribution in [-0.4, -0.2) is 85.8 Å². The van der Waals surface area contributed by atoms with Crippen molar-refractivity contribution in [2.24, 2.45) is 50.7 Å². The Hall–Kier alpha value is -1.11. The highest BCUT2D eigenvalue weighted by atomic mass is 17.1. The first-order valence-corrected chi connectivity index (χ1v) is 17.2. The lowest BCUT2D eigenvalue weighted by atomic mass is 9.41. The molecule has 10 nitrogen and oxygen atoms in total. The minimum absolute atomic E-state index is 0.0829. The number of carbonyl (C=O) groups is 1. The molecule has 0 radical (unpaired) electrons. The number of allylic oxidation sites excluding steroid dienone is 1. The first kappa shape index (κ1) is 33.8. The summed E-state index contributed by atoms with van der Waals surface area (Å²) >= 11 is 0. The smallest absolute Gasteiger partial charge is 0.312 e. The molecule has 45 heavy (non-hydrogen) atoms. The van der Waals surface area contributed by atoms with E-state index in [0.29, 0.717) is 24.2 Å². The van der Waals surface area contributed by atoms with E-state index in [1.165, 1.54) is 0 Å². The third-order valence-corrected chi connectivity index (χ3v) is 15.0. The number of aliphatic carboxylic acids is 1. The van der Waals surface area contributed by atoms with Crippen LogP contribution in [0.2, 0.25) is 0 Å². The van der Waals surface area contributed by atoms with Gasteiger partial charge in [-0.15, -0.1) is 0 Å². The molecule has 6 rings (SSSR count). The molecule has 15 atom stereocenters. The van der Waals surface area contributed by atoms with E-state index >= 15 is 0 Å². The van der Waals surface area contributed by atoms with E-state index in [0.717, 1.165) is 44.9 Å². The van der Waals surface area contributed by atoms with E-state index in [9.17, 15) is 35.6 Å². The maximum absolute atomic E-state index is 13.2. The topological polar surface area (TPSA) is 166 Å². The van der Waals surface area contributed by atoms with Gasteiger partial charge in [0.05, 0.1) is 24.2 Å². The van der Waals surface area contributed by atoms with Gasteiger partial charge in [-0.25, -0.2) is 4.89 Å². The van der Waals surface area contributed by atoms with Gasteiger partial charge in [0.1, 0.15) is 23.9 Å². The second-order valence-corrected chi connectivity index (χ2v) is 17.1. The van der Waals surface area contributed by atoms with E-state index in [1.807, 2.05) is 19.9 Å². The zero-order valence-electron chi connectivity index (χ0n) is 27.8. The maximum Gasteiger partial charge on any atom is 0.312 e. The molecule has 10 heteroatoms. The summed E-state index contributed by atoms with van der Waals surface area (Å²) in [5.74, 6) is 0.144. The largest absolute Gasteiger partial charge is 0.481 e. The average molecular weight is 637 g/mol. The summed E-state index contributed by atoms with van der Waals surface area (Å²) < 4.78 is 11.7. The maximum atomic E-state index is 13.2. The molecule has 0 aromatic heterocycles. The number of fused-ring (bicyclic) bond motifs is 2. The van der Waals surface area contributed by atoms with E-state index < -0.39 is 59.2 Å². The Morgan fingerprint density at radius 3 is 2.36 bits per heavy atom. The molecule has 5 aliphatic carbocycles. The first-order valence-electron chi connectivity index (χ1n) is 17.2. The van der Waals surface area contributed by atoms with Crippen molar-refractivity contribution in [1.29, 1.82) is 0 Å². The molecular weight excluding hydrogens is 580 g/mol. The van der Waals surface area contributed by atoms with Crippen molar-refractivity contribution in [1.82, 2.24) is 0 Å². The molecule has 6 N–H and O–H groups in total. The predicted molar refractivity (Wildman–Crippen MR) is 164 cm³/mol. The van der Waals surface area contributed by atoms with Crippen molar-refractivity contribution in [3.05, 3.63) is 12.2 Å². The van der Waals surface area contributed by atoms with Crippen molar-refractivity contribution in [2.45, 2.75) is 142 Å². The zero-order chi connectivity index (χ0) is 33.0. The van der Waals surface area contributed by atoms with Crippen molar-refractivity contribution >= 4 is 5.97 Å². The van der Waals surface area contributed by atoms with Crippen molar-refractivity contribution in [3.63, 3.8) is 0 Å². The van der Waals surface area contributed by atoms with Crippen molar-refractivity contribution in [2.75, 3.05) is 6.61 Å². The second kappa shape index (κ2) is 11.0. The minimum atomic E-state index is -1.53. The molecule has 2 spiro atoms. The van der Waals surface area contributed by atoms with Crippen LogP contribution in [-0.2, 0) is 19.2 Å². The number of ether oxygens (including phenoxy) is 2. The zero-order valence-corrected chi connectivity index (χ0v) is 27.8. The highest BCUT2D eigenvalue weighted by Gasteiger charge is 2.86. The Labute approximate surface area is 267 Å². The molecular formula is C35H56O10. The van der Waals surface area contributed by atoms with Crippen LogP contribution in [0.15, 0.2) is 12.2 Å². The SMILES string of the molecule is CC(CC=CC(C)(C)OO)C1CCC2(C)C3CCC4C(C)(C(=O)O)C(OC5OCC(O)C(O)C5O)CC(O)C45CC35CCC12C. The molecule has 6 fully saturated rings. The molecule has 1 saturated heterocycles. The van der Waals surface area contributed by atoms with Gasteiger partial charge < -0.3 is 35.0 Å². The van der Waals surface area contributed by atoms with Gasteiger partial charge in [0, 0.05) is 11.8 Å².